The topological polar surface area (TPSA) is 60.2 Å². The highest BCUT2D eigenvalue weighted by Crippen LogP contribution is 2.15. The van der Waals surface area contributed by atoms with Crippen molar-refractivity contribution >= 4 is 9.84 Å². The lowest BCUT2D eigenvalue weighted by Crippen LogP contribution is -2.20. The molecule has 1 unspecified atom stereocenters. The van der Waals surface area contributed by atoms with Gasteiger partial charge in [-0.3, -0.25) is 0 Å². The van der Waals surface area contributed by atoms with Crippen LogP contribution >= 0.6 is 0 Å². The molecule has 0 aliphatic carbocycles. The van der Waals surface area contributed by atoms with E-state index in [0.717, 1.165) is 12.0 Å². The van der Waals surface area contributed by atoms with Crippen LogP contribution in [0, 0.1) is 5.92 Å². The van der Waals surface area contributed by atoms with Crippen molar-refractivity contribution in [3.8, 4) is 0 Å². The molecule has 0 aromatic heterocycles. The van der Waals surface area contributed by atoms with Gasteiger partial charge in [-0.05, 0) is 23.5 Å². The number of hydrogen-bond donors (Lipinski definition) is 1. The lowest BCUT2D eigenvalue weighted by molar-refractivity contribution is 0.594. The van der Waals surface area contributed by atoms with Crippen LogP contribution in [0.5, 0.6) is 0 Å². The van der Waals surface area contributed by atoms with E-state index in [9.17, 15) is 8.42 Å². The molecule has 0 saturated carbocycles. The summed E-state index contributed by atoms with van der Waals surface area (Å²) in [5, 5.41) is 0. The fraction of sp³-hybridized carbons (Fsp3) is 0.538. The summed E-state index contributed by atoms with van der Waals surface area (Å²) in [6.45, 7) is 4.34. The smallest absolute Gasteiger partial charge is 0.149 e. The molecule has 0 radical (unpaired) electrons. The predicted octanol–water partition coefficient (Wildman–Crippen LogP) is 1.93. The molecule has 0 amide bonds. The largest absolute Gasteiger partial charge is 0.323 e. The van der Waals surface area contributed by atoms with Crippen LogP contribution in [-0.2, 0) is 16.3 Å². The zero-order valence-electron chi connectivity index (χ0n) is 10.7. The van der Waals surface area contributed by atoms with Crippen LogP contribution in [0.15, 0.2) is 24.3 Å². The van der Waals surface area contributed by atoms with Gasteiger partial charge in [0.1, 0.15) is 9.84 Å². The van der Waals surface area contributed by atoms with Crippen molar-refractivity contribution in [1.82, 2.24) is 0 Å². The Morgan fingerprint density at radius 3 is 2.12 bits per heavy atom. The Labute approximate surface area is 104 Å². The molecule has 0 fully saturated rings. The lowest BCUT2D eigenvalue weighted by atomic mass is 10.0. The Balaban J connectivity index is 2.73. The van der Waals surface area contributed by atoms with E-state index in [1.165, 1.54) is 11.8 Å². The molecule has 17 heavy (non-hydrogen) atoms. The Morgan fingerprint density at radius 2 is 1.71 bits per heavy atom. The van der Waals surface area contributed by atoms with Crippen molar-refractivity contribution < 1.29 is 8.42 Å². The molecule has 96 valence electrons. The molecule has 0 saturated heterocycles. The van der Waals surface area contributed by atoms with Crippen molar-refractivity contribution in [2.75, 3.05) is 12.0 Å². The van der Waals surface area contributed by atoms with Gasteiger partial charge in [0.2, 0.25) is 0 Å². The molecule has 3 nitrogen and oxygen atoms in total. The second-order valence-corrected chi connectivity index (χ2v) is 7.22. The summed E-state index contributed by atoms with van der Waals surface area (Å²) in [6, 6.07) is 7.47. The van der Waals surface area contributed by atoms with Crippen LogP contribution in [0.25, 0.3) is 0 Å². The summed E-state index contributed by atoms with van der Waals surface area (Å²) in [7, 11) is -3.03. The van der Waals surface area contributed by atoms with Gasteiger partial charge >= 0.3 is 0 Å². The maximum Gasteiger partial charge on any atom is 0.149 e. The van der Waals surface area contributed by atoms with Gasteiger partial charge in [-0.15, -0.1) is 0 Å². The van der Waals surface area contributed by atoms with E-state index in [0.29, 0.717) is 5.92 Å². The normalized spacial score (nSPS) is 13.9. The first-order valence-corrected chi connectivity index (χ1v) is 7.86. The van der Waals surface area contributed by atoms with Crippen molar-refractivity contribution in [1.29, 1.82) is 0 Å². The molecule has 0 spiro atoms. The van der Waals surface area contributed by atoms with Crippen molar-refractivity contribution in [2.45, 2.75) is 26.3 Å². The number of benzene rings is 1. The molecule has 1 rings (SSSR count). The first kappa shape index (κ1) is 14.2. The summed E-state index contributed by atoms with van der Waals surface area (Å²) < 4.78 is 22.3. The number of rotatable bonds is 5. The van der Waals surface area contributed by atoms with Gasteiger partial charge in [0.15, 0.2) is 0 Å². The highest BCUT2D eigenvalue weighted by Gasteiger charge is 2.12. The monoisotopic (exact) mass is 255 g/mol. The fourth-order valence-electron chi connectivity index (χ4n) is 1.79. The van der Waals surface area contributed by atoms with Crippen LogP contribution < -0.4 is 5.73 Å². The first-order valence-electron chi connectivity index (χ1n) is 5.80. The molecule has 4 heteroatoms. The molecule has 2 N–H and O–H groups in total. The zero-order valence-corrected chi connectivity index (χ0v) is 11.5. The van der Waals surface area contributed by atoms with Gasteiger partial charge in [0.05, 0.1) is 5.75 Å². The third kappa shape index (κ3) is 5.33. The Bertz CT molecular complexity index is 449. The number of sulfone groups is 1. The Hall–Kier alpha value is -0.870. The molecule has 0 heterocycles. The van der Waals surface area contributed by atoms with Gasteiger partial charge in [0, 0.05) is 12.3 Å². The van der Waals surface area contributed by atoms with Crippen LogP contribution in [0.4, 0.5) is 0 Å². The highest BCUT2D eigenvalue weighted by molar-refractivity contribution is 7.90. The average molecular weight is 255 g/mol. The maximum atomic E-state index is 11.1. The summed E-state index contributed by atoms with van der Waals surface area (Å²) >= 11 is 0. The second-order valence-electron chi connectivity index (χ2n) is 5.04. The fourth-order valence-corrected chi connectivity index (χ4v) is 2.64. The molecule has 1 atom stereocenters. The average Bonchev–Trinajstić information content (AvgIpc) is 2.15. The van der Waals surface area contributed by atoms with Crippen LogP contribution in [0.1, 0.15) is 31.0 Å². The maximum absolute atomic E-state index is 11.1. The summed E-state index contributed by atoms with van der Waals surface area (Å²) in [5.41, 5.74) is 7.99. The van der Waals surface area contributed by atoms with Gasteiger partial charge < -0.3 is 5.73 Å². The first-order chi connectivity index (χ1) is 7.78. The zero-order chi connectivity index (χ0) is 13.1. The highest BCUT2D eigenvalue weighted by atomic mass is 32.2. The van der Waals surface area contributed by atoms with Gasteiger partial charge in [-0.1, -0.05) is 38.1 Å². The van der Waals surface area contributed by atoms with Crippen LogP contribution in [-0.4, -0.2) is 20.4 Å². The SMILES string of the molecule is CC(C)Cc1ccc(C(N)CS(C)(=O)=O)cc1. The molecule has 0 bridgehead atoms. The Kier molecular flexibility index (Phi) is 4.71. The van der Waals surface area contributed by atoms with Gasteiger partial charge in [0.25, 0.3) is 0 Å². The van der Waals surface area contributed by atoms with Gasteiger partial charge in [-0.2, -0.15) is 0 Å². The van der Waals surface area contributed by atoms with Crippen LogP contribution in [0.3, 0.4) is 0 Å². The Morgan fingerprint density at radius 1 is 1.18 bits per heavy atom. The van der Waals surface area contributed by atoms with E-state index >= 15 is 0 Å². The summed E-state index contributed by atoms with van der Waals surface area (Å²) in [4.78, 5) is 0. The van der Waals surface area contributed by atoms with E-state index in [1.807, 2.05) is 24.3 Å². The molecular weight excluding hydrogens is 234 g/mol. The summed E-state index contributed by atoms with van der Waals surface area (Å²) in [6.07, 6.45) is 2.24. The van der Waals surface area contributed by atoms with Crippen molar-refractivity contribution in [2.24, 2.45) is 11.7 Å². The second kappa shape index (κ2) is 5.65. The molecule has 1 aromatic carbocycles. The van der Waals surface area contributed by atoms with Crippen LogP contribution in [0.2, 0.25) is 0 Å². The van der Waals surface area contributed by atoms with E-state index in [1.54, 1.807) is 0 Å². The molecule has 0 aliphatic rings. The molecular formula is C13H21NO2S. The number of nitrogens with two attached hydrogens (primary N) is 1. The predicted molar refractivity (Wildman–Crippen MR) is 71.6 cm³/mol. The lowest BCUT2D eigenvalue weighted by Gasteiger charge is -2.12. The third-order valence-corrected chi connectivity index (χ3v) is 3.50. The molecule has 1 aromatic rings. The number of hydrogen-bond acceptors (Lipinski definition) is 3. The minimum absolute atomic E-state index is 0.00345. The minimum Gasteiger partial charge on any atom is -0.323 e. The van der Waals surface area contributed by atoms with Crippen molar-refractivity contribution in [3.63, 3.8) is 0 Å². The van der Waals surface area contributed by atoms with E-state index in [4.69, 9.17) is 5.73 Å². The minimum atomic E-state index is -3.03. The van der Waals surface area contributed by atoms with E-state index in [2.05, 4.69) is 13.8 Å². The van der Waals surface area contributed by atoms with E-state index in [-0.39, 0.29) is 5.75 Å². The van der Waals surface area contributed by atoms with E-state index < -0.39 is 15.9 Å². The standard InChI is InChI=1S/C13H21NO2S/c1-10(2)8-11-4-6-12(7-5-11)13(14)9-17(3,15)16/h4-7,10,13H,8-9,14H2,1-3H3. The summed E-state index contributed by atoms with van der Waals surface area (Å²) in [5.74, 6) is 0.613. The molecule has 0 aliphatic heterocycles. The third-order valence-electron chi connectivity index (χ3n) is 2.53. The quantitative estimate of drug-likeness (QED) is 0.874. The van der Waals surface area contributed by atoms with Crippen molar-refractivity contribution in [3.05, 3.63) is 35.4 Å². The van der Waals surface area contributed by atoms with Gasteiger partial charge in [-0.25, -0.2) is 8.42 Å².